The number of rotatable bonds is 4. The van der Waals surface area contributed by atoms with Gasteiger partial charge in [-0.1, -0.05) is 36.9 Å². The Bertz CT molecular complexity index is 1190. The van der Waals surface area contributed by atoms with E-state index >= 15 is 0 Å². The normalized spacial score (nSPS) is 11.7. The second-order valence-corrected chi connectivity index (χ2v) is 6.40. The van der Waals surface area contributed by atoms with Gasteiger partial charge in [-0.15, -0.1) is 0 Å². The van der Waals surface area contributed by atoms with Crippen LogP contribution in [0.3, 0.4) is 0 Å². The summed E-state index contributed by atoms with van der Waals surface area (Å²) in [5, 5.41) is 28.3. The van der Waals surface area contributed by atoms with Gasteiger partial charge in [-0.2, -0.15) is 0 Å². The minimum atomic E-state index is -3.00. The lowest BCUT2D eigenvalue weighted by Crippen LogP contribution is -2.25. The number of fused-ring (bicyclic) bond motifs is 1. The molecule has 0 spiro atoms. The van der Waals surface area contributed by atoms with Gasteiger partial charge in [-0.05, 0) is 35.4 Å². The number of pyridine rings is 2. The van der Waals surface area contributed by atoms with E-state index in [0.29, 0.717) is 17.1 Å². The van der Waals surface area contributed by atoms with Crippen LogP contribution in [-0.4, -0.2) is 29.7 Å². The molecule has 5 N–H and O–H groups in total. The molecule has 7 nitrogen and oxygen atoms in total. The molecule has 3 heterocycles. The maximum Gasteiger partial charge on any atom is 0.322 e. The van der Waals surface area contributed by atoms with Gasteiger partial charge in [-0.25, -0.2) is 9.97 Å². The third kappa shape index (κ3) is 3.14. The minimum Gasteiger partial charge on any atom is -0.397 e. The summed E-state index contributed by atoms with van der Waals surface area (Å²) in [6, 6.07) is 16.0. The highest BCUT2D eigenvalue weighted by molar-refractivity contribution is 5.82. The molecule has 3 aromatic heterocycles. The first-order chi connectivity index (χ1) is 13.3. The topological polar surface area (TPSA) is 117 Å². The number of nitrogens with two attached hydrogens (primary N) is 1. The van der Waals surface area contributed by atoms with Crippen molar-refractivity contribution in [2.75, 3.05) is 0 Å². The summed E-state index contributed by atoms with van der Waals surface area (Å²) >= 11 is 0. The molecule has 0 aliphatic heterocycles. The van der Waals surface area contributed by atoms with Crippen molar-refractivity contribution in [1.82, 2.24) is 14.4 Å². The summed E-state index contributed by atoms with van der Waals surface area (Å²) in [6.07, 6.45) is 3.58. The van der Waals surface area contributed by atoms with E-state index < -0.39 is 5.97 Å². The lowest BCUT2D eigenvalue weighted by molar-refractivity contribution is -0.326. The van der Waals surface area contributed by atoms with Crippen molar-refractivity contribution in [3.8, 4) is 22.4 Å². The number of aliphatic hydroxyl groups is 3. The summed E-state index contributed by atoms with van der Waals surface area (Å²) < 4.78 is 1.86. The lowest BCUT2D eigenvalue weighted by Gasteiger charge is -2.15. The van der Waals surface area contributed by atoms with E-state index in [1.165, 1.54) is 6.07 Å². The fraction of sp³-hybridized carbons (Fsp3) is 0.0476. The molecular formula is C21H18N4O3. The quantitative estimate of drug-likeness (QED) is 0.406. The van der Waals surface area contributed by atoms with Crippen LogP contribution >= 0.6 is 0 Å². The highest BCUT2D eigenvalue weighted by atomic mass is 16.7. The molecule has 0 radical (unpaired) electrons. The zero-order chi connectivity index (χ0) is 19.9. The zero-order valence-electron chi connectivity index (χ0n) is 14.8. The van der Waals surface area contributed by atoms with Gasteiger partial charge < -0.3 is 21.1 Å². The monoisotopic (exact) mass is 374 g/mol. The highest BCUT2D eigenvalue weighted by Crippen LogP contribution is 2.32. The maximum absolute atomic E-state index is 9.44. The maximum atomic E-state index is 9.44. The lowest BCUT2D eigenvalue weighted by atomic mass is 9.98. The number of imidazole rings is 1. The SMILES string of the molecule is C=C(N)c1cnc2ccc(-c3ccccc3-c3cccc(C(O)(O)O)n3)cn12. The van der Waals surface area contributed by atoms with Crippen LogP contribution in [0.1, 0.15) is 11.4 Å². The van der Waals surface area contributed by atoms with E-state index in [1.807, 2.05) is 47.0 Å². The van der Waals surface area contributed by atoms with Gasteiger partial charge in [0.2, 0.25) is 0 Å². The van der Waals surface area contributed by atoms with Crippen molar-refractivity contribution in [3.63, 3.8) is 0 Å². The molecule has 0 amide bonds. The van der Waals surface area contributed by atoms with E-state index in [1.54, 1.807) is 18.3 Å². The Morgan fingerprint density at radius 2 is 1.71 bits per heavy atom. The largest absolute Gasteiger partial charge is 0.397 e. The Balaban J connectivity index is 1.89. The van der Waals surface area contributed by atoms with E-state index in [4.69, 9.17) is 5.73 Å². The Morgan fingerprint density at radius 3 is 2.43 bits per heavy atom. The van der Waals surface area contributed by atoms with Crippen molar-refractivity contribution >= 4 is 11.3 Å². The molecule has 28 heavy (non-hydrogen) atoms. The van der Waals surface area contributed by atoms with E-state index in [-0.39, 0.29) is 5.69 Å². The zero-order valence-corrected chi connectivity index (χ0v) is 14.8. The summed E-state index contributed by atoms with van der Waals surface area (Å²) in [5.74, 6) is -3.00. The smallest absolute Gasteiger partial charge is 0.322 e. The number of aromatic nitrogens is 3. The van der Waals surface area contributed by atoms with Crippen molar-refractivity contribution in [2.45, 2.75) is 5.97 Å². The Labute approximate surface area is 160 Å². The number of hydrogen-bond donors (Lipinski definition) is 4. The summed E-state index contributed by atoms with van der Waals surface area (Å²) in [5.41, 5.74) is 10.5. The summed E-state index contributed by atoms with van der Waals surface area (Å²) in [6.45, 7) is 3.78. The minimum absolute atomic E-state index is 0.258. The van der Waals surface area contributed by atoms with E-state index in [9.17, 15) is 15.3 Å². The van der Waals surface area contributed by atoms with Crippen LogP contribution in [0.5, 0.6) is 0 Å². The van der Waals surface area contributed by atoms with Gasteiger partial charge in [-0.3, -0.25) is 4.40 Å². The molecule has 4 aromatic rings. The highest BCUT2D eigenvalue weighted by Gasteiger charge is 2.24. The fourth-order valence-electron chi connectivity index (χ4n) is 3.11. The first-order valence-electron chi connectivity index (χ1n) is 8.51. The van der Waals surface area contributed by atoms with Gasteiger partial charge >= 0.3 is 5.97 Å². The average molecular weight is 374 g/mol. The molecule has 0 atom stereocenters. The predicted molar refractivity (Wildman–Crippen MR) is 105 cm³/mol. The molecule has 0 aliphatic carbocycles. The predicted octanol–water partition coefficient (Wildman–Crippen LogP) is 2.08. The van der Waals surface area contributed by atoms with Crippen molar-refractivity contribution in [2.24, 2.45) is 5.73 Å². The first-order valence-corrected chi connectivity index (χ1v) is 8.51. The molecule has 1 aromatic carbocycles. The van der Waals surface area contributed by atoms with Crippen LogP contribution in [0.15, 0.2) is 73.6 Å². The molecule has 4 rings (SSSR count). The van der Waals surface area contributed by atoms with Crippen LogP contribution in [0, 0.1) is 0 Å². The molecule has 0 bridgehead atoms. The molecule has 0 unspecified atom stereocenters. The molecule has 0 aliphatic rings. The summed E-state index contributed by atoms with van der Waals surface area (Å²) in [4.78, 5) is 8.52. The molecule has 7 heteroatoms. The Kier molecular flexibility index (Phi) is 4.20. The van der Waals surface area contributed by atoms with Gasteiger partial charge in [0.15, 0.2) is 0 Å². The third-order valence-electron chi connectivity index (χ3n) is 4.44. The van der Waals surface area contributed by atoms with Crippen LogP contribution in [0.4, 0.5) is 0 Å². The average Bonchev–Trinajstić information content (AvgIpc) is 3.11. The van der Waals surface area contributed by atoms with Crippen LogP contribution in [-0.2, 0) is 5.97 Å². The van der Waals surface area contributed by atoms with Crippen LogP contribution in [0.2, 0.25) is 0 Å². The first kappa shape index (κ1) is 17.9. The molecule has 0 fully saturated rings. The van der Waals surface area contributed by atoms with Crippen molar-refractivity contribution in [3.05, 3.63) is 85.0 Å². The number of benzene rings is 1. The second kappa shape index (κ2) is 6.58. The van der Waals surface area contributed by atoms with Crippen molar-refractivity contribution in [1.29, 1.82) is 0 Å². The number of nitrogens with zero attached hydrogens (tertiary/aromatic N) is 3. The van der Waals surface area contributed by atoms with Gasteiger partial charge in [0, 0.05) is 11.8 Å². The second-order valence-electron chi connectivity index (χ2n) is 6.40. The third-order valence-corrected chi connectivity index (χ3v) is 4.44. The van der Waals surface area contributed by atoms with Crippen LogP contribution < -0.4 is 5.73 Å². The Hall–Kier alpha value is -3.52. The van der Waals surface area contributed by atoms with E-state index in [2.05, 4.69) is 16.5 Å². The number of hydrogen-bond acceptors (Lipinski definition) is 6. The standard InChI is InChI=1S/C21H18N4O3/c1-13(22)18-11-23-20-10-9-14(12-25(18)20)15-5-2-3-6-16(15)17-7-4-8-19(24-17)21(26,27)28/h2-12,26-28H,1,22H2. The molecule has 0 saturated heterocycles. The Morgan fingerprint density at radius 1 is 0.964 bits per heavy atom. The molecule has 140 valence electrons. The molecular weight excluding hydrogens is 356 g/mol. The fourth-order valence-corrected chi connectivity index (χ4v) is 3.11. The van der Waals surface area contributed by atoms with Crippen LogP contribution in [0.25, 0.3) is 33.7 Å². The van der Waals surface area contributed by atoms with E-state index in [0.717, 1.165) is 22.3 Å². The molecule has 0 saturated carbocycles. The van der Waals surface area contributed by atoms with Crippen molar-refractivity contribution < 1.29 is 15.3 Å². The van der Waals surface area contributed by atoms with Gasteiger partial charge in [0.25, 0.3) is 0 Å². The van der Waals surface area contributed by atoms with Gasteiger partial charge in [0.05, 0.1) is 23.3 Å². The van der Waals surface area contributed by atoms with Gasteiger partial charge in [0.1, 0.15) is 11.3 Å². The summed E-state index contributed by atoms with van der Waals surface area (Å²) in [7, 11) is 0.